The third-order valence-corrected chi connectivity index (χ3v) is 6.09. The van der Waals surface area contributed by atoms with Crippen LogP contribution < -0.4 is 21.1 Å². The van der Waals surface area contributed by atoms with Crippen LogP contribution in [0.25, 0.3) is 11.4 Å². The van der Waals surface area contributed by atoms with Gasteiger partial charge in [0.2, 0.25) is 11.9 Å². The summed E-state index contributed by atoms with van der Waals surface area (Å²) >= 11 is 0. The smallest absolute Gasteiger partial charge is 0.408 e. The lowest BCUT2D eigenvalue weighted by molar-refractivity contribution is 0.1000. The number of carbonyl (C=O) groups is 2. The Labute approximate surface area is 215 Å². The highest BCUT2D eigenvalue weighted by Crippen LogP contribution is 2.27. The number of hydrogen-bond acceptors (Lipinski definition) is 6. The third-order valence-electron chi connectivity index (χ3n) is 6.09. The number of ether oxygens (including phenoxy) is 1. The second kappa shape index (κ2) is 10.9. The number of primary amides is 1. The van der Waals surface area contributed by atoms with E-state index in [1.165, 1.54) is 0 Å². The molecule has 0 saturated heterocycles. The van der Waals surface area contributed by atoms with E-state index in [0.717, 1.165) is 46.6 Å². The summed E-state index contributed by atoms with van der Waals surface area (Å²) in [5.74, 6) is 0.300. The van der Waals surface area contributed by atoms with Crippen molar-refractivity contribution >= 4 is 29.3 Å². The highest BCUT2D eigenvalue weighted by Gasteiger charge is 2.15. The predicted octanol–water partition coefficient (Wildman–Crippen LogP) is 5.37. The van der Waals surface area contributed by atoms with E-state index < -0.39 is 12.0 Å². The Morgan fingerprint density at radius 1 is 1.05 bits per heavy atom. The van der Waals surface area contributed by atoms with E-state index in [-0.39, 0.29) is 0 Å². The fourth-order valence-electron chi connectivity index (χ4n) is 4.12. The maximum Gasteiger partial charge on any atom is 0.417 e. The zero-order valence-electron chi connectivity index (χ0n) is 21.3. The number of nitrogens with two attached hydrogens (primary N) is 1. The summed E-state index contributed by atoms with van der Waals surface area (Å²) in [5, 5.41) is 6.09. The molecule has 0 aliphatic carbocycles. The van der Waals surface area contributed by atoms with Gasteiger partial charge in [0.25, 0.3) is 0 Å². The summed E-state index contributed by atoms with van der Waals surface area (Å²) in [4.78, 5) is 33.1. The largest absolute Gasteiger partial charge is 0.417 e. The van der Waals surface area contributed by atoms with E-state index >= 15 is 0 Å². The molecule has 4 N–H and O–H groups in total. The van der Waals surface area contributed by atoms with Crippen molar-refractivity contribution in [3.05, 3.63) is 83.2 Å². The van der Waals surface area contributed by atoms with Crippen LogP contribution in [-0.2, 0) is 19.9 Å². The Morgan fingerprint density at radius 3 is 2.43 bits per heavy atom. The number of anilines is 3. The van der Waals surface area contributed by atoms with E-state index in [1.807, 2.05) is 36.7 Å². The van der Waals surface area contributed by atoms with Gasteiger partial charge < -0.3 is 20.4 Å². The molecule has 0 aliphatic heterocycles. The summed E-state index contributed by atoms with van der Waals surface area (Å²) in [7, 11) is 1.85. The van der Waals surface area contributed by atoms with Gasteiger partial charge in [0.05, 0.1) is 17.1 Å². The van der Waals surface area contributed by atoms with Crippen molar-refractivity contribution in [2.45, 2.75) is 33.6 Å². The fourth-order valence-corrected chi connectivity index (χ4v) is 4.12. The maximum absolute atomic E-state index is 12.7. The molecule has 2 amide bonds. The Morgan fingerprint density at radius 2 is 1.78 bits per heavy atom. The first kappa shape index (κ1) is 25.4. The van der Waals surface area contributed by atoms with Gasteiger partial charge in [-0.1, -0.05) is 32.0 Å². The summed E-state index contributed by atoms with van der Waals surface area (Å²) in [6.45, 7) is 5.97. The Balaban J connectivity index is 1.51. The van der Waals surface area contributed by atoms with Crippen LogP contribution >= 0.6 is 0 Å². The van der Waals surface area contributed by atoms with Gasteiger partial charge >= 0.3 is 6.09 Å². The van der Waals surface area contributed by atoms with E-state index in [9.17, 15) is 9.59 Å². The topological polar surface area (TPSA) is 124 Å². The van der Waals surface area contributed by atoms with Gasteiger partial charge in [-0.3, -0.25) is 10.1 Å². The Kier molecular flexibility index (Phi) is 7.52. The average molecular weight is 499 g/mol. The molecular weight excluding hydrogens is 468 g/mol. The summed E-state index contributed by atoms with van der Waals surface area (Å²) < 4.78 is 7.44. The van der Waals surface area contributed by atoms with E-state index in [4.69, 9.17) is 10.5 Å². The van der Waals surface area contributed by atoms with Gasteiger partial charge in [-0.15, -0.1) is 0 Å². The van der Waals surface area contributed by atoms with Crippen LogP contribution in [0.15, 0.2) is 60.9 Å². The molecule has 0 atom stereocenters. The zero-order valence-corrected chi connectivity index (χ0v) is 21.3. The number of nitrogens with zero attached hydrogens (tertiary/aromatic N) is 3. The molecule has 190 valence electrons. The number of para-hydroxylation sites is 1. The second-order valence-corrected chi connectivity index (χ2v) is 8.63. The van der Waals surface area contributed by atoms with Crippen molar-refractivity contribution in [1.82, 2.24) is 14.5 Å². The van der Waals surface area contributed by atoms with Crippen LogP contribution in [0.5, 0.6) is 5.75 Å². The van der Waals surface area contributed by atoms with Gasteiger partial charge in [0.1, 0.15) is 0 Å². The van der Waals surface area contributed by atoms with Gasteiger partial charge in [0.15, 0.2) is 5.75 Å². The molecule has 0 aliphatic rings. The van der Waals surface area contributed by atoms with Crippen molar-refractivity contribution in [2.75, 3.05) is 10.6 Å². The summed E-state index contributed by atoms with van der Waals surface area (Å²) in [6.07, 6.45) is 4.43. The molecule has 9 heteroatoms. The monoisotopic (exact) mass is 498 g/mol. The van der Waals surface area contributed by atoms with Crippen molar-refractivity contribution in [2.24, 2.45) is 12.8 Å². The third kappa shape index (κ3) is 5.78. The van der Waals surface area contributed by atoms with E-state index in [1.54, 1.807) is 42.7 Å². The number of amides is 2. The molecule has 0 radical (unpaired) electrons. The summed E-state index contributed by atoms with van der Waals surface area (Å²) in [5.41, 5.74) is 11.7. The summed E-state index contributed by atoms with van der Waals surface area (Å²) in [6, 6.07) is 14.7. The molecule has 4 aromatic rings. The number of nitrogens with one attached hydrogen (secondary N) is 2. The minimum atomic E-state index is -0.548. The van der Waals surface area contributed by atoms with Crippen LogP contribution in [0.2, 0.25) is 0 Å². The number of carbonyl (C=O) groups excluding carboxylic acids is 2. The standard InChI is InChI=1S/C28H30N6O3/c1-5-18-8-7-9-19(6-2)25(18)33-28(36)37-21-15-24(34(4)16-21)23-12-13-30-27(32-23)31-22-11-10-20(26(29)35)14-17(22)3/h7-16H,5-6H2,1-4H3,(H2,29,35)(H,33,36)(H,30,31,32). The molecule has 9 nitrogen and oxygen atoms in total. The molecule has 2 heterocycles. The molecule has 0 unspecified atom stereocenters. The lowest BCUT2D eigenvalue weighted by Crippen LogP contribution is -2.18. The van der Waals surface area contributed by atoms with Gasteiger partial charge in [0, 0.05) is 36.8 Å². The van der Waals surface area contributed by atoms with Gasteiger partial charge in [-0.2, -0.15) is 0 Å². The van der Waals surface area contributed by atoms with Crippen molar-refractivity contribution < 1.29 is 14.3 Å². The van der Waals surface area contributed by atoms with Crippen LogP contribution in [-0.4, -0.2) is 26.5 Å². The quantitative estimate of drug-likeness (QED) is 0.300. The average Bonchev–Trinajstić information content (AvgIpc) is 3.24. The molecule has 37 heavy (non-hydrogen) atoms. The lowest BCUT2D eigenvalue weighted by Gasteiger charge is -2.13. The highest BCUT2D eigenvalue weighted by atomic mass is 16.6. The molecular formula is C28H30N6O3. The van der Waals surface area contributed by atoms with Crippen molar-refractivity contribution in [3.8, 4) is 17.1 Å². The van der Waals surface area contributed by atoms with Crippen LogP contribution in [0.3, 0.4) is 0 Å². The fraction of sp³-hybridized carbons (Fsp3) is 0.214. The minimum Gasteiger partial charge on any atom is -0.408 e. The van der Waals surface area contributed by atoms with Crippen molar-refractivity contribution in [3.63, 3.8) is 0 Å². The Hall–Kier alpha value is -4.66. The highest BCUT2D eigenvalue weighted by molar-refractivity contribution is 5.93. The zero-order chi connectivity index (χ0) is 26.5. The minimum absolute atomic E-state index is 0.386. The molecule has 0 saturated carbocycles. The lowest BCUT2D eigenvalue weighted by atomic mass is 10.0. The molecule has 4 rings (SSSR count). The molecule has 0 fully saturated rings. The van der Waals surface area contributed by atoms with E-state index in [0.29, 0.717) is 23.0 Å². The first-order valence-electron chi connectivity index (χ1n) is 12.1. The molecule has 0 bridgehead atoms. The van der Waals surface area contributed by atoms with Crippen LogP contribution in [0, 0.1) is 6.92 Å². The molecule has 0 spiro atoms. The number of benzene rings is 2. The number of aryl methyl sites for hydroxylation is 4. The van der Waals surface area contributed by atoms with Crippen LogP contribution in [0.1, 0.15) is 40.9 Å². The predicted molar refractivity (Wildman–Crippen MR) is 144 cm³/mol. The van der Waals surface area contributed by atoms with E-state index in [2.05, 4.69) is 34.4 Å². The van der Waals surface area contributed by atoms with Crippen molar-refractivity contribution in [1.29, 1.82) is 0 Å². The maximum atomic E-state index is 12.7. The molecule has 2 aromatic heterocycles. The van der Waals surface area contributed by atoms with Gasteiger partial charge in [-0.05, 0) is 60.7 Å². The Bertz CT molecular complexity index is 1440. The number of rotatable bonds is 8. The molecule has 2 aromatic carbocycles. The number of aromatic nitrogens is 3. The SMILES string of the molecule is CCc1cccc(CC)c1NC(=O)Oc1cc(-c2ccnc(Nc3ccc(C(N)=O)cc3C)n2)n(C)c1. The first-order valence-corrected chi connectivity index (χ1v) is 12.1. The first-order chi connectivity index (χ1) is 17.8. The second-order valence-electron chi connectivity index (χ2n) is 8.63. The van der Waals surface area contributed by atoms with Crippen LogP contribution in [0.4, 0.5) is 22.1 Å². The van der Waals surface area contributed by atoms with Gasteiger partial charge in [-0.25, -0.2) is 14.8 Å². The number of hydrogen-bond donors (Lipinski definition) is 3. The normalized spacial score (nSPS) is 10.7.